The van der Waals surface area contributed by atoms with Crippen LogP contribution in [0.5, 0.6) is 6.01 Å². The number of ether oxygens (including phenoxy) is 1. The average molecular weight is 510 g/mol. The summed E-state index contributed by atoms with van der Waals surface area (Å²) < 4.78 is 46.9. The van der Waals surface area contributed by atoms with E-state index in [0.717, 1.165) is 45.3 Å². The Balaban J connectivity index is 1.44. The van der Waals surface area contributed by atoms with E-state index in [1.165, 1.54) is 0 Å². The van der Waals surface area contributed by atoms with E-state index >= 15 is 0 Å². The molecule has 2 aliphatic rings. The van der Waals surface area contributed by atoms with E-state index in [-0.39, 0.29) is 36.9 Å². The SMILES string of the molecule is CCCc1cc2c(N3CCn4c(nnc4C(F)(F)F)C3)nc(OC[C@H]3CCCN3C(C)=O)nc2s1. The van der Waals surface area contributed by atoms with E-state index in [0.29, 0.717) is 25.5 Å². The van der Waals surface area contributed by atoms with Crippen molar-refractivity contribution in [2.24, 2.45) is 0 Å². The number of aromatic nitrogens is 5. The van der Waals surface area contributed by atoms with Crippen molar-refractivity contribution in [3.05, 3.63) is 22.6 Å². The first-order valence-electron chi connectivity index (χ1n) is 11.7. The maximum absolute atomic E-state index is 13.3. The Morgan fingerprint density at radius 1 is 1.23 bits per heavy atom. The molecule has 2 aliphatic heterocycles. The summed E-state index contributed by atoms with van der Waals surface area (Å²) in [6.45, 7) is 5.23. The van der Waals surface area contributed by atoms with Crippen LogP contribution < -0.4 is 9.64 Å². The lowest BCUT2D eigenvalue weighted by atomic mass is 10.2. The molecule has 5 heterocycles. The summed E-state index contributed by atoms with van der Waals surface area (Å²) in [5.41, 5.74) is 0. The van der Waals surface area contributed by atoms with E-state index in [9.17, 15) is 18.0 Å². The normalized spacial score (nSPS) is 18.4. The van der Waals surface area contributed by atoms with E-state index in [1.807, 2.05) is 4.90 Å². The fraction of sp³-hybridized carbons (Fsp3) is 0.591. The molecule has 188 valence electrons. The fourth-order valence-corrected chi connectivity index (χ4v) is 5.87. The van der Waals surface area contributed by atoms with Gasteiger partial charge in [-0.2, -0.15) is 23.1 Å². The van der Waals surface area contributed by atoms with Gasteiger partial charge < -0.3 is 19.1 Å². The van der Waals surface area contributed by atoms with Gasteiger partial charge in [-0.3, -0.25) is 4.79 Å². The Morgan fingerprint density at radius 2 is 2.06 bits per heavy atom. The van der Waals surface area contributed by atoms with Gasteiger partial charge in [0.25, 0.3) is 0 Å². The maximum Gasteiger partial charge on any atom is 0.451 e. The molecule has 0 bridgehead atoms. The molecule has 1 saturated heterocycles. The summed E-state index contributed by atoms with van der Waals surface area (Å²) >= 11 is 1.57. The first-order valence-corrected chi connectivity index (χ1v) is 12.5. The highest BCUT2D eigenvalue weighted by molar-refractivity contribution is 7.18. The molecular weight excluding hydrogens is 483 g/mol. The van der Waals surface area contributed by atoms with Crippen molar-refractivity contribution in [1.82, 2.24) is 29.6 Å². The highest BCUT2D eigenvalue weighted by Gasteiger charge is 2.40. The first kappa shape index (κ1) is 23.8. The Labute approximate surface area is 203 Å². The van der Waals surface area contributed by atoms with Gasteiger partial charge in [-0.05, 0) is 25.3 Å². The van der Waals surface area contributed by atoms with E-state index in [1.54, 1.807) is 23.2 Å². The van der Waals surface area contributed by atoms with Gasteiger partial charge in [-0.25, -0.2) is 0 Å². The number of aryl methyl sites for hydroxylation is 1. The summed E-state index contributed by atoms with van der Waals surface area (Å²) in [5, 5.41) is 8.01. The molecular formula is C22H26F3N7O2S. The standard InChI is InChI=1S/C22H26F3N7O2S/c1-3-5-15-10-16-18(30-8-9-32-17(11-30)28-29-20(32)22(23,24)25)26-21(27-19(16)35-15)34-12-14-6-4-7-31(14)13(2)33/h10,14H,3-9,11-12H2,1-2H3/t14-/m1/s1. The minimum atomic E-state index is -4.55. The van der Waals surface area contributed by atoms with Crippen LogP contribution in [0.15, 0.2) is 6.07 Å². The van der Waals surface area contributed by atoms with Gasteiger partial charge in [-0.1, -0.05) is 13.3 Å². The average Bonchev–Trinajstić information content (AvgIpc) is 3.53. The number of fused-ring (bicyclic) bond motifs is 2. The number of amides is 1. The number of halogens is 3. The number of hydrogen-bond donors (Lipinski definition) is 0. The number of nitrogens with zero attached hydrogens (tertiary/aromatic N) is 7. The molecule has 1 amide bonds. The topological polar surface area (TPSA) is 89.3 Å². The van der Waals surface area contributed by atoms with Gasteiger partial charge in [0.15, 0.2) is 5.82 Å². The number of alkyl halides is 3. The third kappa shape index (κ3) is 4.65. The van der Waals surface area contributed by atoms with Crippen molar-refractivity contribution in [3.63, 3.8) is 0 Å². The number of carbonyl (C=O) groups excluding carboxylic acids is 1. The minimum absolute atomic E-state index is 0.0197. The number of carbonyl (C=O) groups is 1. The molecule has 0 spiro atoms. The third-order valence-corrected chi connectivity index (χ3v) is 7.48. The van der Waals surface area contributed by atoms with E-state index in [2.05, 4.69) is 33.2 Å². The van der Waals surface area contributed by atoms with Crippen molar-refractivity contribution >= 4 is 33.3 Å². The molecule has 1 atom stereocenters. The monoisotopic (exact) mass is 509 g/mol. The number of hydrogen-bond acceptors (Lipinski definition) is 8. The van der Waals surface area contributed by atoms with Crippen LogP contribution in [0.1, 0.15) is 49.6 Å². The van der Waals surface area contributed by atoms with Crippen LogP contribution in [0, 0.1) is 0 Å². The van der Waals surface area contributed by atoms with Crippen LogP contribution in [-0.4, -0.2) is 61.3 Å². The molecule has 0 aliphatic carbocycles. The predicted molar refractivity (Wildman–Crippen MR) is 123 cm³/mol. The molecule has 0 N–H and O–H groups in total. The number of likely N-dealkylation sites (tertiary alicyclic amines) is 1. The van der Waals surface area contributed by atoms with Crippen molar-refractivity contribution in [3.8, 4) is 6.01 Å². The highest BCUT2D eigenvalue weighted by atomic mass is 32.1. The number of rotatable bonds is 6. The maximum atomic E-state index is 13.3. The van der Waals surface area contributed by atoms with Crippen LogP contribution in [0.25, 0.3) is 10.2 Å². The molecule has 35 heavy (non-hydrogen) atoms. The fourth-order valence-electron chi connectivity index (χ4n) is 4.75. The summed E-state index contributed by atoms with van der Waals surface area (Å²) in [5.74, 6) is -0.103. The van der Waals surface area contributed by atoms with Gasteiger partial charge in [0.2, 0.25) is 11.7 Å². The summed E-state index contributed by atoms with van der Waals surface area (Å²) in [7, 11) is 0. The molecule has 0 saturated carbocycles. The van der Waals surface area contributed by atoms with Gasteiger partial charge in [0.05, 0.1) is 18.0 Å². The zero-order valence-electron chi connectivity index (χ0n) is 19.5. The van der Waals surface area contributed by atoms with Crippen molar-refractivity contribution in [1.29, 1.82) is 0 Å². The molecule has 3 aromatic rings. The third-order valence-electron chi connectivity index (χ3n) is 6.39. The number of thiophene rings is 1. The molecule has 1 fully saturated rings. The van der Waals surface area contributed by atoms with Crippen molar-refractivity contribution in [2.45, 2.75) is 64.8 Å². The van der Waals surface area contributed by atoms with Gasteiger partial charge in [-0.15, -0.1) is 21.5 Å². The Morgan fingerprint density at radius 3 is 2.80 bits per heavy atom. The van der Waals surface area contributed by atoms with E-state index in [4.69, 9.17) is 4.74 Å². The lowest BCUT2D eigenvalue weighted by Gasteiger charge is -2.29. The summed E-state index contributed by atoms with van der Waals surface area (Å²) in [6, 6.07) is 2.23. The lowest BCUT2D eigenvalue weighted by molar-refractivity contribution is -0.147. The summed E-state index contributed by atoms with van der Waals surface area (Å²) in [4.78, 5) is 26.8. The van der Waals surface area contributed by atoms with Crippen LogP contribution in [-0.2, 0) is 30.5 Å². The molecule has 9 nitrogen and oxygen atoms in total. The second kappa shape index (κ2) is 9.25. The van der Waals surface area contributed by atoms with Gasteiger partial charge in [0, 0.05) is 31.4 Å². The number of anilines is 1. The zero-order valence-corrected chi connectivity index (χ0v) is 20.3. The van der Waals surface area contributed by atoms with Crippen LogP contribution in [0.2, 0.25) is 0 Å². The predicted octanol–water partition coefficient (Wildman–Crippen LogP) is 3.66. The Hall–Kier alpha value is -2.96. The largest absolute Gasteiger partial charge is 0.461 e. The molecule has 5 rings (SSSR count). The molecule has 0 unspecified atom stereocenters. The molecule has 0 radical (unpaired) electrons. The zero-order chi connectivity index (χ0) is 24.7. The van der Waals surface area contributed by atoms with Crippen LogP contribution in [0.3, 0.4) is 0 Å². The summed E-state index contributed by atoms with van der Waals surface area (Å²) in [6.07, 6.45) is -0.882. The quantitative estimate of drug-likeness (QED) is 0.501. The molecule has 3 aromatic heterocycles. The van der Waals surface area contributed by atoms with E-state index < -0.39 is 12.0 Å². The Kier molecular flexibility index (Phi) is 6.28. The Bertz CT molecular complexity index is 1240. The second-order valence-electron chi connectivity index (χ2n) is 8.84. The first-order chi connectivity index (χ1) is 16.7. The van der Waals surface area contributed by atoms with Crippen LogP contribution >= 0.6 is 11.3 Å². The van der Waals surface area contributed by atoms with Crippen molar-refractivity contribution in [2.75, 3.05) is 24.6 Å². The minimum Gasteiger partial charge on any atom is -0.461 e. The lowest BCUT2D eigenvalue weighted by Crippen LogP contribution is -2.38. The van der Waals surface area contributed by atoms with Gasteiger partial charge in [0.1, 0.15) is 17.3 Å². The smallest absolute Gasteiger partial charge is 0.451 e. The molecule has 13 heteroatoms. The second-order valence-corrected chi connectivity index (χ2v) is 9.96. The highest BCUT2D eigenvalue weighted by Crippen LogP contribution is 2.36. The van der Waals surface area contributed by atoms with Crippen molar-refractivity contribution < 1.29 is 22.7 Å². The van der Waals surface area contributed by atoms with Crippen LogP contribution in [0.4, 0.5) is 19.0 Å². The van der Waals surface area contributed by atoms with Gasteiger partial charge >= 0.3 is 12.2 Å². The molecule has 0 aromatic carbocycles.